The largest absolute Gasteiger partial charge is 0.497 e. The second-order valence-corrected chi connectivity index (χ2v) is 8.71. The number of ether oxygens (including phenoxy) is 1. The van der Waals surface area contributed by atoms with Gasteiger partial charge in [0.1, 0.15) is 11.6 Å². The van der Waals surface area contributed by atoms with Gasteiger partial charge in [-0.15, -0.1) is 0 Å². The Bertz CT molecular complexity index is 970. The number of carbonyl (C=O) groups excluding carboxylic acids is 1. The lowest BCUT2D eigenvalue weighted by Crippen LogP contribution is -2.45. The van der Waals surface area contributed by atoms with Crippen LogP contribution >= 0.6 is 0 Å². The van der Waals surface area contributed by atoms with E-state index in [2.05, 4.69) is 21.9 Å². The van der Waals surface area contributed by atoms with Crippen LogP contribution in [-0.2, 0) is 4.79 Å². The number of likely N-dealkylation sites (tertiary alicyclic amines) is 1. The van der Waals surface area contributed by atoms with Gasteiger partial charge < -0.3 is 9.64 Å². The van der Waals surface area contributed by atoms with Crippen molar-refractivity contribution in [2.45, 2.75) is 31.3 Å². The number of methoxy groups -OCH3 is 1. The third-order valence-corrected chi connectivity index (χ3v) is 6.55. The third-order valence-electron chi connectivity index (χ3n) is 6.55. The second-order valence-electron chi connectivity index (χ2n) is 8.71. The molecule has 0 saturated carbocycles. The molecule has 2 aliphatic rings. The summed E-state index contributed by atoms with van der Waals surface area (Å²) in [5, 5.41) is 6.17. The number of rotatable bonds is 6. The monoisotopic (exact) mass is 438 g/mol. The maximum Gasteiger partial charge on any atom is 0.257 e. The standard InChI is InChI=1S/C25H31FN4O2/c1-28-14-12-19(13-15-28)29(2)17-25(31)30-24(18-8-10-20(32-3)11-9-18)16-23(27-30)21-6-4-5-7-22(21)26/h4-11,19,24H,12-17H2,1-3H3. The van der Waals surface area contributed by atoms with Crippen LogP contribution in [0, 0.1) is 5.82 Å². The minimum Gasteiger partial charge on any atom is -0.497 e. The summed E-state index contributed by atoms with van der Waals surface area (Å²) in [5.41, 5.74) is 2.00. The van der Waals surface area contributed by atoms with Gasteiger partial charge in [-0.2, -0.15) is 5.10 Å². The lowest BCUT2D eigenvalue weighted by molar-refractivity contribution is -0.134. The number of hydrogen-bond donors (Lipinski definition) is 0. The van der Waals surface area contributed by atoms with E-state index < -0.39 is 0 Å². The molecular formula is C25H31FN4O2. The van der Waals surface area contributed by atoms with Crippen LogP contribution in [0.1, 0.15) is 36.4 Å². The molecule has 1 fully saturated rings. The number of amides is 1. The number of hydrazone groups is 1. The topological polar surface area (TPSA) is 48.4 Å². The van der Waals surface area contributed by atoms with Gasteiger partial charge in [0, 0.05) is 18.0 Å². The Kier molecular flexibility index (Phi) is 6.86. The number of likely N-dealkylation sites (N-methyl/N-ethyl adjacent to an activating group) is 1. The van der Waals surface area contributed by atoms with Crippen LogP contribution in [0.3, 0.4) is 0 Å². The van der Waals surface area contributed by atoms with Crippen LogP contribution in [0.2, 0.25) is 0 Å². The molecule has 0 radical (unpaired) electrons. The maximum absolute atomic E-state index is 14.5. The van der Waals surface area contributed by atoms with E-state index >= 15 is 0 Å². The molecule has 7 heteroatoms. The minimum atomic E-state index is -0.322. The van der Waals surface area contributed by atoms with Crippen LogP contribution in [0.4, 0.5) is 4.39 Å². The lowest BCUT2D eigenvalue weighted by atomic mass is 9.98. The van der Waals surface area contributed by atoms with Crippen molar-refractivity contribution in [2.75, 3.05) is 40.8 Å². The van der Waals surface area contributed by atoms with Gasteiger partial charge in [0.15, 0.2) is 0 Å². The van der Waals surface area contributed by atoms with Gasteiger partial charge in [-0.3, -0.25) is 9.69 Å². The molecule has 1 atom stereocenters. The smallest absolute Gasteiger partial charge is 0.257 e. The van der Waals surface area contributed by atoms with Gasteiger partial charge in [-0.25, -0.2) is 9.40 Å². The molecule has 1 amide bonds. The van der Waals surface area contributed by atoms with Crippen molar-refractivity contribution in [3.05, 3.63) is 65.5 Å². The highest BCUT2D eigenvalue weighted by Gasteiger charge is 2.35. The first-order valence-corrected chi connectivity index (χ1v) is 11.1. The van der Waals surface area contributed by atoms with E-state index in [-0.39, 0.29) is 24.3 Å². The van der Waals surface area contributed by atoms with E-state index in [9.17, 15) is 9.18 Å². The van der Waals surface area contributed by atoms with E-state index in [1.807, 2.05) is 31.3 Å². The highest BCUT2D eigenvalue weighted by atomic mass is 19.1. The van der Waals surface area contributed by atoms with Crippen molar-refractivity contribution in [3.8, 4) is 5.75 Å². The van der Waals surface area contributed by atoms with Gasteiger partial charge in [-0.1, -0.05) is 30.3 Å². The number of halogens is 1. The van der Waals surface area contributed by atoms with Crippen LogP contribution in [0.5, 0.6) is 5.75 Å². The molecule has 2 aromatic carbocycles. The first-order chi connectivity index (χ1) is 15.5. The Morgan fingerprint density at radius 2 is 1.84 bits per heavy atom. The number of benzene rings is 2. The van der Waals surface area contributed by atoms with E-state index in [1.165, 1.54) is 6.07 Å². The molecular weight excluding hydrogens is 407 g/mol. The number of carbonyl (C=O) groups is 1. The van der Waals surface area contributed by atoms with Crippen molar-refractivity contribution in [1.29, 1.82) is 0 Å². The zero-order chi connectivity index (χ0) is 22.7. The molecule has 4 rings (SSSR count). The fraction of sp³-hybridized carbons (Fsp3) is 0.440. The highest BCUT2D eigenvalue weighted by molar-refractivity contribution is 6.03. The van der Waals surface area contributed by atoms with Gasteiger partial charge in [0.25, 0.3) is 5.91 Å². The van der Waals surface area contributed by atoms with E-state index in [0.717, 1.165) is 37.2 Å². The van der Waals surface area contributed by atoms with Gasteiger partial charge in [0.05, 0.1) is 25.4 Å². The molecule has 170 valence electrons. The number of nitrogens with zero attached hydrogens (tertiary/aromatic N) is 4. The molecule has 2 aliphatic heterocycles. The summed E-state index contributed by atoms with van der Waals surface area (Å²) in [4.78, 5) is 17.8. The Labute approximate surface area is 189 Å². The van der Waals surface area contributed by atoms with Crippen molar-refractivity contribution in [1.82, 2.24) is 14.8 Å². The fourth-order valence-corrected chi connectivity index (χ4v) is 4.53. The van der Waals surface area contributed by atoms with Crippen molar-refractivity contribution < 1.29 is 13.9 Å². The van der Waals surface area contributed by atoms with Crippen LogP contribution in [0.15, 0.2) is 53.6 Å². The van der Waals surface area contributed by atoms with E-state index in [0.29, 0.717) is 23.7 Å². The van der Waals surface area contributed by atoms with Gasteiger partial charge in [-0.05, 0) is 63.8 Å². The molecule has 0 aromatic heterocycles. The summed E-state index contributed by atoms with van der Waals surface area (Å²) in [6, 6.07) is 14.4. The Hall–Kier alpha value is -2.77. The van der Waals surface area contributed by atoms with E-state index in [1.54, 1.807) is 30.3 Å². The quantitative estimate of drug-likeness (QED) is 0.692. The summed E-state index contributed by atoms with van der Waals surface area (Å²) in [6.07, 6.45) is 2.56. The van der Waals surface area contributed by atoms with Crippen LogP contribution in [0.25, 0.3) is 0 Å². The molecule has 2 heterocycles. The summed E-state index contributed by atoms with van der Waals surface area (Å²) in [7, 11) is 5.76. The predicted molar refractivity (Wildman–Crippen MR) is 123 cm³/mol. The normalized spacial score (nSPS) is 20.0. The summed E-state index contributed by atoms with van der Waals surface area (Å²) in [5.74, 6) is 0.359. The molecule has 6 nitrogen and oxygen atoms in total. The zero-order valence-electron chi connectivity index (χ0n) is 19.0. The maximum atomic E-state index is 14.5. The Morgan fingerprint density at radius 1 is 1.16 bits per heavy atom. The highest BCUT2D eigenvalue weighted by Crippen LogP contribution is 2.34. The average Bonchev–Trinajstić information content (AvgIpc) is 3.25. The lowest BCUT2D eigenvalue weighted by Gasteiger charge is -2.35. The molecule has 0 bridgehead atoms. The zero-order valence-corrected chi connectivity index (χ0v) is 19.0. The third kappa shape index (κ3) is 4.84. The average molecular weight is 439 g/mol. The molecule has 0 spiro atoms. The molecule has 1 saturated heterocycles. The van der Waals surface area contributed by atoms with Crippen LogP contribution < -0.4 is 4.74 Å². The summed E-state index contributed by atoms with van der Waals surface area (Å²) in [6.45, 7) is 2.36. The Morgan fingerprint density at radius 3 is 2.50 bits per heavy atom. The second kappa shape index (κ2) is 9.79. The van der Waals surface area contributed by atoms with Crippen molar-refractivity contribution >= 4 is 11.6 Å². The van der Waals surface area contributed by atoms with E-state index in [4.69, 9.17) is 4.74 Å². The number of piperidine rings is 1. The SMILES string of the molecule is COc1ccc(C2CC(c3ccccc3F)=NN2C(=O)CN(C)C2CCN(C)CC2)cc1. The van der Waals surface area contributed by atoms with Crippen molar-refractivity contribution in [2.24, 2.45) is 5.10 Å². The first-order valence-electron chi connectivity index (χ1n) is 11.1. The molecule has 0 N–H and O–H groups in total. The first kappa shape index (κ1) is 22.4. The molecule has 1 unspecified atom stereocenters. The fourth-order valence-electron chi connectivity index (χ4n) is 4.53. The Balaban J connectivity index is 1.56. The van der Waals surface area contributed by atoms with Gasteiger partial charge >= 0.3 is 0 Å². The summed E-state index contributed by atoms with van der Waals surface area (Å²) >= 11 is 0. The van der Waals surface area contributed by atoms with Crippen molar-refractivity contribution in [3.63, 3.8) is 0 Å². The van der Waals surface area contributed by atoms with Gasteiger partial charge in [0.2, 0.25) is 0 Å². The molecule has 0 aliphatic carbocycles. The predicted octanol–water partition coefficient (Wildman–Crippen LogP) is 3.54. The molecule has 2 aromatic rings. The summed E-state index contributed by atoms with van der Waals surface area (Å²) < 4.78 is 19.7. The molecule has 32 heavy (non-hydrogen) atoms. The minimum absolute atomic E-state index is 0.0708. The number of hydrogen-bond acceptors (Lipinski definition) is 5. The van der Waals surface area contributed by atoms with Crippen LogP contribution in [-0.4, -0.2) is 73.3 Å².